The van der Waals surface area contributed by atoms with Gasteiger partial charge in [0, 0.05) is 16.4 Å². The van der Waals surface area contributed by atoms with Gasteiger partial charge in [0.1, 0.15) is 11.4 Å². The molecule has 2 aromatic carbocycles. The monoisotopic (exact) mass is 466 g/mol. The van der Waals surface area contributed by atoms with Crippen LogP contribution in [0.5, 0.6) is 0 Å². The van der Waals surface area contributed by atoms with Crippen molar-refractivity contribution in [2.24, 2.45) is 0 Å². The van der Waals surface area contributed by atoms with E-state index >= 15 is 0 Å². The highest BCUT2D eigenvalue weighted by atomic mass is 35.5. The number of benzene rings is 2. The number of anilines is 2. The SMILES string of the molecule is Cc1cc(Cl)ccc1NC(=O)Cn1cnc2sc(C(=O)Nc3ccccc3)c(C)c2c1=O. The van der Waals surface area contributed by atoms with Gasteiger partial charge in [-0.3, -0.25) is 19.0 Å². The summed E-state index contributed by atoms with van der Waals surface area (Å²) in [6.07, 6.45) is 1.33. The summed E-state index contributed by atoms with van der Waals surface area (Å²) < 4.78 is 1.24. The molecule has 0 aliphatic carbocycles. The van der Waals surface area contributed by atoms with Crippen LogP contribution in [0.25, 0.3) is 10.2 Å². The second-order valence-electron chi connectivity index (χ2n) is 7.24. The number of fused-ring (bicyclic) bond motifs is 1. The number of aryl methyl sites for hydroxylation is 2. The summed E-state index contributed by atoms with van der Waals surface area (Å²) in [5.74, 6) is -0.674. The molecule has 0 bridgehead atoms. The zero-order valence-electron chi connectivity index (χ0n) is 17.3. The van der Waals surface area contributed by atoms with Crippen LogP contribution < -0.4 is 16.2 Å². The maximum Gasteiger partial charge on any atom is 0.266 e. The summed E-state index contributed by atoms with van der Waals surface area (Å²) in [5, 5.41) is 6.52. The maximum atomic E-state index is 13.0. The Kier molecular flexibility index (Phi) is 6.07. The van der Waals surface area contributed by atoms with Crippen LogP contribution in [0.4, 0.5) is 11.4 Å². The Labute approximate surface area is 192 Å². The lowest BCUT2D eigenvalue weighted by Crippen LogP contribution is -2.28. The van der Waals surface area contributed by atoms with E-state index in [2.05, 4.69) is 15.6 Å². The van der Waals surface area contributed by atoms with Gasteiger partial charge in [-0.15, -0.1) is 11.3 Å². The molecule has 162 valence electrons. The Bertz CT molecular complexity index is 1400. The van der Waals surface area contributed by atoms with Crippen LogP contribution >= 0.6 is 22.9 Å². The van der Waals surface area contributed by atoms with Crippen molar-refractivity contribution < 1.29 is 9.59 Å². The van der Waals surface area contributed by atoms with E-state index in [9.17, 15) is 14.4 Å². The normalized spacial score (nSPS) is 10.8. The number of amides is 2. The number of carbonyl (C=O) groups excluding carboxylic acids is 2. The molecule has 0 aliphatic rings. The highest BCUT2D eigenvalue weighted by Gasteiger charge is 2.20. The van der Waals surface area contributed by atoms with Gasteiger partial charge in [-0.05, 0) is 55.3 Å². The van der Waals surface area contributed by atoms with E-state index < -0.39 is 0 Å². The molecule has 32 heavy (non-hydrogen) atoms. The minimum absolute atomic E-state index is 0.204. The molecule has 2 aromatic heterocycles. The third-order valence-corrected chi connectivity index (χ3v) is 6.37. The van der Waals surface area contributed by atoms with Gasteiger partial charge in [0.25, 0.3) is 11.5 Å². The van der Waals surface area contributed by atoms with Crippen molar-refractivity contribution in [3.63, 3.8) is 0 Å². The molecule has 4 aromatic rings. The molecular weight excluding hydrogens is 448 g/mol. The molecule has 9 heteroatoms. The van der Waals surface area contributed by atoms with Crippen molar-refractivity contribution in [2.45, 2.75) is 20.4 Å². The van der Waals surface area contributed by atoms with Gasteiger partial charge in [0.2, 0.25) is 5.91 Å². The van der Waals surface area contributed by atoms with Gasteiger partial charge < -0.3 is 10.6 Å². The molecule has 4 rings (SSSR count). The molecule has 0 spiro atoms. The lowest BCUT2D eigenvalue weighted by molar-refractivity contribution is -0.116. The fraction of sp³-hybridized carbons (Fsp3) is 0.130. The molecule has 2 heterocycles. The minimum Gasteiger partial charge on any atom is -0.324 e. The number of aromatic nitrogens is 2. The van der Waals surface area contributed by atoms with Crippen LogP contribution in [0.15, 0.2) is 59.7 Å². The van der Waals surface area contributed by atoms with E-state index in [1.807, 2.05) is 25.1 Å². The van der Waals surface area contributed by atoms with E-state index in [0.717, 1.165) is 16.9 Å². The number of carbonyl (C=O) groups is 2. The van der Waals surface area contributed by atoms with E-state index in [-0.39, 0.29) is 23.9 Å². The highest BCUT2D eigenvalue weighted by Crippen LogP contribution is 2.27. The van der Waals surface area contributed by atoms with Crippen molar-refractivity contribution >= 4 is 56.3 Å². The van der Waals surface area contributed by atoms with Crippen LogP contribution in [-0.2, 0) is 11.3 Å². The Morgan fingerprint density at radius 1 is 1.09 bits per heavy atom. The van der Waals surface area contributed by atoms with E-state index in [0.29, 0.717) is 37.1 Å². The average Bonchev–Trinajstić information content (AvgIpc) is 3.10. The van der Waals surface area contributed by atoms with Crippen molar-refractivity contribution in [3.8, 4) is 0 Å². The first-order valence-electron chi connectivity index (χ1n) is 9.74. The largest absolute Gasteiger partial charge is 0.324 e. The second-order valence-corrected chi connectivity index (χ2v) is 8.68. The molecule has 2 N–H and O–H groups in total. The molecular formula is C23H19ClN4O3S. The van der Waals surface area contributed by atoms with Gasteiger partial charge in [-0.1, -0.05) is 29.8 Å². The van der Waals surface area contributed by atoms with Crippen LogP contribution in [0.2, 0.25) is 5.02 Å². The number of hydrogen-bond acceptors (Lipinski definition) is 5. The van der Waals surface area contributed by atoms with Gasteiger partial charge in [-0.2, -0.15) is 0 Å². The van der Waals surface area contributed by atoms with E-state index in [4.69, 9.17) is 11.6 Å². The van der Waals surface area contributed by atoms with Crippen molar-refractivity contribution in [2.75, 3.05) is 10.6 Å². The predicted octanol–water partition coefficient (Wildman–Crippen LogP) is 4.62. The number of nitrogens with zero attached hydrogens (tertiary/aromatic N) is 2. The first-order valence-corrected chi connectivity index (χ1v) is 10.9. The van der Waals surface area contributed by atoms with Crippen LogP contribution in [0, 0.1) is 13.8 Å². The van der Waals surface area contributed by atoms with Crippen LogP contribution in [0.1, 0.15) is 20.8 Å². The fourth-order valence-electron chi connectivity index (χ4n) is 3.31. The first-order chi connectivity index (χ1) is 15.3. The Balaban J connectivity index is 1.58. The molecule has 0 saturated heterocycles. The van der Waals surface area contributed by atoms with Crippen LogP contribution in [0.3, 0.4) is 0 Å². The Hall–Kier alpha value is -3.49. The number of nitrogens with one attached hydrogen (secondary N) is 2. The zero-order valence-corrected chi connectivity index (χ0v) is 18.9. The molecule has 7 nitrogen and oxygen atoms in total. The number of para-hydroxylation sites is 1. The summed E-state index contributed by atoms with van der Waals surface area (Å²) in [5.41, 5.74) is 2.27. The van der Waals surface area contributed by atoms with Gasteiger partial charge in [0.15, 0.2) is 0 Å². The van der Waals surface area contributed by atoms with Crippen LogP contribution in [-0.4, -0.2) is 21.4 Å². The summed E-state index contributed by atoms with van der Waals surface area (Å²) in [4.78, 5) is 43.5. The minimum atomic E-state index is -0.370. The summed E-state index contributed by atoms with van der Waals surface area (Å²) in [6, 6.07) is 14.2. The van der Waals surface area contributed by atoms with E-state index in [1.165, 1.54) is 10.9 Å². The van der Waals surface area contributed by atoms with Crippen molar-refractivity contribution in [1.29, 1.82) is 0 Å². The predicted molar refractivity (Wildman–Crippen MR) is 128 cm³/mol. The summed E-state index contributed by atoms with van der Waals surface area (Å²) in [6.45, 7) is 3.34. The number of rotatable bonds is 5. The Morgan fingerprint density at radius 3 is 2.56 bits per heavy atom. The van der Waals surface area contributed by atoms with Crippen molar-refractivity contribution in [1.82, 2.24) is 9.55 Å². The fourth-order valence-corrected chi connectivity index (χ4v) is 4.57. The third kappa shape index (κ3) is 4.42. The van der Waals surface area contributed by atoms with Gasteiger partial charge >= 0.3 is 0 Å². The first kappa shape index (κ1) is 21.7. The molecule has 0 radical (unpaired) electrons. The standard InChI is InChI=1S/C23H19ClN4O3S/c1-13-10-15(24)8-9-17(13)27-18(29)11-28-12-25-22-19(23(28)31)14(2)20(32-22)21(30)26-16-6-4-3-5-7-16/h3-10,12H,11H2,1-2H3,(H,26,30)(H,27,29). The number of halogens is 1. The van der Waals surface area contributed by atoms with E-state index in [1.54, 1.807) is 37.3 Å². The van der Waals surface area contributed by atoms with Gasteiger partial charge in [0.05, 0.1) is 16.6 Å². The molecule has 0 atom stereocenters. The molecule has 0 unspecified atom stereocenters. The second kappa shape index (κ2) is 8.94. The molecule has 0 saturated carbocycles. The van der Waals surface area contributed by atoms with Gasteiger partial charge in [-0.25, -0.2) is 4.98 Å². The number of hydrogen-bond donors (Lipinski definition) is 2. The summed E-state index contributed by atoms with van der Waals surface area (Å²) >= 11 is 7.10. The molecule has 0 aliphatic heterocycles. The topological polar surface area (TPSA) is 93.1 Å². The maximum absolute atomic E-state index is 13.0. The summed E-state index contributed by atoms with van der Waals surface area (Å²) in [7, 11) is 0. The molecule has 2 amide bonds. The zero-order chi connectivity index (χ0) is 22.8. The average molecular weight is 467 g/mol. The third-order valence-electron chi connectivity index (χ3n) is 4.93. The Morgan fingerprint density at radius 2 is 1.84 bits per heavy atom. The van der Waals surface area contributed by atoms with Crippen molar-refractivity contribution in [3.05, 3.63) is 86.2 Å². The number of thiophene rings is 1. The molecule has 0 fully saturated rings. The smallest absolute Gasteiger partial charge is 0.266 e. The highest BCUT2D eigenvalue weighted by molar-refractivity contribution is 7.20. The lowest BCUT2D eigenvalue weighted by Gasteiger charge is -2.10. The quantitative estimate of drug-likeness (QED) is 0.449. The lowest BCUT2D eigenvalue weighted by atomic mass is 10.2.